The van der Waals surface area contributed by atoms with Crippen molar-refractivity contribution in [3.63, 3.8) is 0 Å². The number of piperazine rings is 1. The van der Waals surface area contributed by atoms with Crippen molar-refractivity contribution in [2.45, 2.75) is 12.8 Å². The Morgan fingerprint density at radius 2 is 1.65 bits per heavy atom. The monoisotopic (exact) mass is 275 g/mol. The third kappa shape index (κ3) is 3.44. The third-order valence-corrected chi connectivity index (χ3v) is 4.49. The van der Waals surface area contributed by atoms with Crippen LogP contribution in [0.3, 0.4) is 0 Å². The summed E-state index contributed by atoms with van der Waals surface area (Å²) in [6.07, 6.45) is 2.47. The van der Waals surface area contributed by atoms with Crippen LogP contribution < -0.4 is 10.6 Å². The predicted molar refractivity (Wildman–Crippen MR) is 83.1 cm³/mol. The number of hydrogen-bond donors (Lipinski definition) is 1. The first-order valence-corrected chi connectivity index (χ1v) is 7.72. The van der Waals surface area contributed by atoms with Crippen molar-refractivity contribution in [2.24, 2.45) is 5.92 Å². The number of nitrogens with two attached hydrogens (primary N) is 1. The van der Waals surface area contributed by atoms with E-state index in [9.17, 15) is 0 Å². The van der Waals surface area contributed by atoms with Gasteiger partial charge in [-0.25, -0.2) is 0 Å². The smallest absolute Gasteiger partial charge is 0.0469 e. The van der Waals surface area contributed by atoms with E-state index in [1.54, 1.807) is 0 Å². The lowest BCUT2D eigenvalue weighted by atomic mass is 9.99. The Bertz CT molecular complexity index is 406. The molecule has 2 fully saturated rings. The third-order valence-electron chi connectivity index (χ3n) is 4.49. The molecular weight excluding hydrogens is 250 g/mol. The van der Waals surface area contributed by atoms with Gasteiger partial charge in [0.15, 0.2) is 0 Å². The molecule has 0 aliphatic carbocycles. The van der Waals surface area contributed by atoms with Gasteiger partial charge in [-0.05, 0) is 43.0 Å². The van der Waals surface area contributed by atoms with Crippen molar-refractivity contribution < 1.29 is 4.74 Å². The Morgan fingerprint density at radius 3 is 2.30 bits per heavy atom. The van der Waals surface area contributed by atoms with E-state index in [2.05, 4.69) is 21.9 Å². The Kier molecular flexibility index (Phi) is 4.43. The van der Waals surface area contributed by atoms with Crippen LogP contribution in [0, 0.1) is 5.92 Å². The van der Waals surface area contributed by atoms with Gasteiger partial charge in [0.1, 0.15) is 0 Å². The number of anilines is 2. The number of hydrogen-bond acceptors (Lipinski definition) is 4. The molecule has 0 unspecified atom stereocenters. The molecule has 2 N–H and O–H groups in total. The van der Waals surface area contributed by atoms with Gasteiger partial charge in [0.2, 0.25) is 0 Å². The molecule has 0 saturated carbocycles. The van der Waals surface area contributed by atoms with Crippen LogP contribution >= 0.6 is 0 Å². The lowest BCUT2D eigenvalue weighted by Gasteiger charge is -2.38. The largest absolute Gasteiger partial charge is 0.399 e. The summed E-state index contributed by atoms with van der Waals surface area (Å²) >= 11 is 0. The van der Waals surface area contributed by atoms with E-state index in [4.69, 9.17) is 10.5 Å². The van der Waals surface area contributed by atoms with E-state index < -0.39 is 0 Å². The second-order valence-corrected chi connectivity index (χ2v) is 5.93. The van der Waals surface area contributed by atoms with Crippen molar-refractivity contribution in [1.29, 1.82) is 0 Å². The summed E-state index contributed by atoms with van der Waals surface area (Å²) in [4.78, 5) is 5.07. The molecule has 1 aromatic carbocycles. The molecule has 2 aliphatic heterocycles. The zero-order chi connectivity index (χ0) is 13.8. The molecule has 4 nitrogen and oxygen atoms in total. The highest BCUT2D eigenvalue weighted by atomic mass is 16.5. The summed E-state index contributed by atoms with van der Waals surface area (Å²) < 4.78 is 5.44. The second-order valence-electron chi connectivity index (χ2n) is 5.93. The van der Waals surface area contributed by atoms with Gasteiger partial charge < -0.3 is 15.4 Å². The maximum atomic E-state index is 5.75. The van der Waals surface area contributed by atoms with Crippen molar-refractivity contribution in [2.75, 3.05) is 56.6 Å². The molecule has 0 spiro atoms. The molecule has 0 bridgehead atoms. The fraction of sp³-hybridized carbons (Fsp3) is 0.625. The molecule has 110 valence electrons. The van der Waals surface area contributed by atoms with Crippen LogP contribution in [0.25, 0.3) is 0 Å². The molecule has 2 aliphatic rings. The van der Waals surface area contributed by atoms with Crippen molar-refractivity contribution >= 4 is 11.4 Å². The SMILES string of the molecule is Nc1ccc(N2CCN(CC3CCOCC3)CC2)cc1. The fourth-order valence-corrected chi connectivity index (χ4v) is 3.17. The van der Waals surface area contributed by atoms with Gasteiger partial charge in [-0.3, -0.25) is 4.90 Å². The number of nitrogen functional groups attached to an aromatic ring is 1. The lowest BCUT2D eigenvalue weighted by molar-refractivity contribution is 0.0517. The minimum atomic E-state index is 0.840. The van der Waals surface area contributed by atoms with E-state index in [1.165, 1.54) is 38.2 Å². The van der Waals surface area contributed by atoms with E-state index in [0.717, 1.165) is 37.9 Å². The molecule has 0 atom stereocenters. The average molecular weight is 275 g/mol. The van der Waals surface area contributed by atoms with E-state index in [-0.39, 0.29) is 0 Å². The molecular formula is C16H25N3O. The maximum absolute atomic E-state index is 5.75. The number of nitrogens with zero attached hydrogens (tertiary/aromatic N) is 2. The fourth-order valence-electron chi connectivity index (χ4n) is 3.17. The van der Waals surface area contributed by atoms with E-state index in [1.807, 2.05) is 12.1 Å². The summed E-state index contributed by atoms with van der Waals surface area (Å²) in [5, 5.41) is 0. The van der Waals surface area contributed by atoms with Crippen LogP contribution in [-0.2, 0) is 4.74 Å². The molecule has 0 radical (unpaired) electrons. The molecule has 2 heterocycles. The summed E-state index contributed by atoms with van der Waals surface area (Å²) in [7, 11) is 0. The Hall–Kier alpha value is -1.26. The van der Waals surface area contributed by atoms with Gasteiger partial charge in [0.05, 0.1) is 0 Å². The Morgan fingerprint density at radius 1 is 1.00 bits per heavy atom. The first kappa shape index (κ1) is 13.7. The van der Waals surface area contributed by atoms with Crippen LogP contribution in [0.1, 0.15) is 12.8 Å². The zero-order valence-corrected chi connectivity index (χ0v) is 12.1. The molecule has 3 rings (SSSR count). The van der Waals surface area contributed by atoms with Gasteiger partial charge in [-0.2, -0.15) is 0 Å². The van der Waals surface area contributed by atoms with E-state index in [0.29, 0.717) is 0 Å². The van der Waals surface area contributed by atoms with Gasteiger partial charge in [-0.15, -0.1) is 0 Å². The van der Waals surface area contributed by atoms with Gasteiger partial charge in [0, 0.05) is 57.3 Å². The van der Waals surface area contributed by atoms with Crippen molar-refractivity contribution in [1.82, 2.24) is 4.90 Å². The van der Waals surface area contributed by atoms with Crippen molar-refractivity contribution in [3.8, 4) is 0 Å². The lowest BCUT2D eigenvalue weighted by Crippen LogP contribution is -2.48. The highest BCUT2D eigenvalue weighted by Crippen LogP contribution is 2.20. The first-order valence-electron chi connectivity index (χ1n) is 7.72. The summed E-state index contributed by atoms with van der Waals surface area (Å²) in [5.41, 5.74) is 7.88. The molecule has 0 amide bonds. The normalized spacial score (nSPS) is 22.1. The quantitative estimate of drug-likeness (QED) is 0.854. The average Bonchev–Trinajstić information content (AvgIpc) is 2.50. The van der Waals surface area contributed by atoms with Crippen LogP contribution in [0.15, 0.2) is 24.3 Å². The van der Waals surface area contributed by atoms with Gasteiger partial charge in [0.25, 0.3) is 0 Å². The van der Waals surface area contributed by atoms with E-state index >= 15 is 0 Å². The minimum absolute atomic E-state index is 0.840. The molecule has 1 aromatic rings. The second kappa shape index (κ2) is 6.46. The standard InChI is InChI=1S/C16H25N3O/c17-15-1-3-16(4-2-15)19-9-7-18(8-10-19)13-14-5-11-20-12-6-14/h1-4,14H,5-13,17H2. The van der Waals surface area contributed by atoms with Crippen LogP contribution in [0.5, 0.6) is 0 Å². The molecule has 20 heavy (non-hydrogen) atoms. The topological polar surface area (TPSA) is 41.7 Å². The molecule has 0 aromatic heterocycles. The van der Waals surface area contributed by atoms with Gasteiger partial charge in [-0.1, -0.05) is 0 Å². The van der Waals surface area contributed by atoms with Gasteiger partial charge >= 0.3 is 0 Å². The van der Waals surface area contributed by atoms with Crippen LogP contribution in [0.2, 0.25) is 0 Å². The number of benzene rings is 1. The summed E-state index contributed by atoms with van der Waals surface area (Å²) in [5.74, 6) is 0.840. The first-order chi connectivity index (χ1) is 9.81. The highest BCUT2D eigenvalue weighted by Gasteiger charge is 2.21. The van der Waals surface area contributed by atoms with Crippen molar-refractivity contribution in [3.05, 3.63) is 24.3 Å². The summed E-state index contributed by atoms with van der Waals surface area (Å²) in [6.45, 7) is 7.73. The van der Waals surface area contributed by atoms with Crippen LogP contribution in [-0.4, -0.2) is 50.8 Å². The van der Waals surface area contributed by atoms with Crippen LogP contribution in [0.4, 0.5) is 11.4 Å². The maximum Gasteiger partial charge on any atom is 0.0469 e. The Balaban J connectivity index is 1.47. The molecule has 4 heteroatoms. The Labute approximate surface area is 121 Å². The molecule has 2 saturated heterocycles. The number of ether oxygens (including phenoxy) is 1. The number of rotatable bonds is 3. The highest BCUT2D eigenvalue weighted by molar-refractivity contribution is 5.53. The zero-order valence-electron chi connectivity index (χ0n) is 12.1. The summed E-state index contributed by atoms with van der Waals surface area (Å²) in [6, 6.07) is 8.24. The predicted octanol–water partition coefficient (Wildman–Crippen LogP) is 1.82. The minimum Gasteiger partial charge on any atom is -0.399 e.